The number of nitro groups is 1. The lowest BCUT2D eigenvalue weighted by Gasteiger charge is -2.13. The number of benzene rings is 1. The number of nitrogen functional groups attached to an aromatic ring is 1. The minimum Gasteiger partial charge on any atom is -0.378 e. The van der Waals surface area contributed by atoms with Crippen LogP contribution in [0.5, 0.6) is 0 Å². The first-order valence-corrected chi connectivity index (χ1v) is 7.22. The maximum absolute atomic E-state index is 11.3. The molecule has 0 radical (unpaired) electrons. The Morgan fingerprint density at radius 2 is 2.00 bits per heavy atom. The van der Waals surface area contributed by atoms with Crippen LogP contribution in [0.15, 0.2) is 22.7 Å². The lowest BCUT2D eigenvalue weighted by Crippen LogP contribution is -2.14. The normalized spacial score (nSPS) is 11.7. The molecule has 0 aliphatic heterocycles. The Morgan fingerprint density at radius 3 is 2.43 bits per heavy atom. The molecule has 7 heteroatoms. The van der Waals surface area contributed by atoms with Gasteiger partial charge in [-0.15, -0.1) is 0 Å². The molecular weight excluding hydrogens is 336 g/mol. The second-order valence-corrected chi connectivity index (χ2v) is 6.85. The van der Waals surface area contributed by atoms with Crippen molar-refractivity contribution in [3.8, 4) is 5.69 Å². The van der Waals surface area contributed by atoms with Gasteiger partial charge < -0.3 is 5.73 Å². The van der Waals surface area contributed by atoms with Crippen molar-refractivity contribution < 1.29 is 4.92 Å². The highest BCUT2D eigenvalue weighted by Crippen LogP contribution is 2.36. The van der Waals surface area contributed by atoms with Crippen LogP contribution in [0.25, 0.3) is 5.69 Å². The summed E-state index contributed by atoms with van der Waals surface area (Å²) in [6, 6.07) is 5.60. The van der Waals surface area contributed by atoms with Crippen LogP contribution >= 0.6 is 15.9 Å². The van der Waals surface area contributed by atoms with Crippen LogP contribution in [-0.2, 0) is 5.41 Å². The summed E-state index contributed by atoms with van der Waals surface area (Å²) in [7, 11) is 0. The molecule has 0 saturated carbocycles. The number of aryl methyl sites for hydroxylation is 1. The van der Waals surface area contributed by atoms with Gasteiger partial charge in [0.15, 0.2) is 0 Å². The number of anilines is 1. The third kappa shape index (κ3) is 2.78. The lowest BCUT2D eigenvalue weighted by molar-refractivity contribution is -0.385. The Kier molecular flexibility index (Phi) is 3.79. The molecule has 0 saturated heterocycles. The fourth-order valence-corrected chi connectivity index (χ4v) is 2.62. The van der Waals surface area contributed by atoms with Gasteiger partial charge in [0.2, 0.25) is 5.82 Å². The second kappa shape index (κ2) is 5.14. The van der Waals surface area contributed by atoms with Crippen molar-refractivity contribution in [3.63, 3.8) is 0 Å². The predicted molar refractivity (Wildman–Crippen MR) is 85.8 cm³/mol. The molecule has 2 N–H and O–H groups in total. The molecule has 0 atom stereocenters. The van der Waals surface area contributed by atoms with E-state index in [9.17, 15) is 10.1 Å². The maximum Gasteiger partial charge on any atom is 0.334 e. The van der Waals surface area contributed by atoms with Gasteiger partial charge in [-0.25, -0.2) is 4.68 Å². The molecule has 0 fully saturated rings. The zero-order valence-electron chi connectivity index (χ0n) is 12.3. The zero-order valence-corrected chi connectivity index (χ0v) is 13.9. The molecule has 2 aromatic rings. The molecule has 1 aromatic carbocycles. The second-order valence-electron chi connectivity index (χ2n) is 5.93. The molecular formula is C14H17BrN4O2. The molecule has 21 heavy (non-hydrogen) atoms. The highest BCUT2D eigenvalue weighted by atomic mass is 79.9. The Labute approximate surface area is 131 Å². The Balaban J connectivity index is 2.74. The van der Waals surface area contributed by atoms with Crippen LogP contribution in [0.1, 0.15) is 32.0 Å². The Morgan fingerprint density at radius 1 is 1.38 bits per heavy atom. The molecule has 1 aromatic heterocycles. The average molecular weight is 353 g/mol. The first-order valence-electron chi connectivity index (χ1n) is 6.43. The summed E-state index contributed by atoms with van der Waals surface area (Å²) >= 11 is 3.39. The third-order valence-corrected chi connectivity index (χ3v) is 3.67. The van der Waals surface area contributed by atoms with E-state index < -0.39 is 10.3 Å². The molecule has 0 amide bonds. The highest BCUT2D eigenvalue weighted by molar-refractivity contribution is 9.10. The van der Waals surface area contributed by atoms with Gasteiger partial charge in [-0.1, -0.05) is 36.7 Å². The fourth-order valence-electron chi connectivity index (χ4n) is 2.15. The standard InChI is InChI=1S/C14H17BrN4O2/c1-8-7-9(15)5-6-10(8)18-13(16)11(19(20)21)12(17-18)14(2,3)4/h5-7H,16H2,1-4H3. The summed E-state index contributed by atoms with van der Waals surface area (Å²) in [5.41, 5.74) is 7.44. The SMILES string of the molecule is Cc1cc(Br)ccc1-n1nc(C(C)(C)C)c([N+](=O)[O-])c1N. The van der Waals surface area contributed by atoms with Crippen LogP contribution < -0.4 is 5.73 Å². The zero-order chi connectivity index (χ0) is 15.9. The van der Waals surface area contributed by atoms with E-state index >= 15 is 0 Å². The molecule has 6 nitrogen and oxygen atoms in total. The van der Waals surface area contributed by atoms with Crippen molar-refractivity contribution in [2.75, 3.05) is 5.73 Å². The van der Waals surface area contributed by atoms with Gasteiger partial charge in [-0.05, 0) is 30.7 Å². The number of nitrogens with zero attached hydrogens (tertiary/aromatic N) is 3. The van der Waals surface area contributed by atoms with Crippen LogP contribution in [0, 0.1) is 17.0 Å². The molecule has 0 spiro atoms. The largest absolute Gasteiger partial charge is 0.378 e. The van der Waals surface area contributed by atoms with Crippen molar-refractivity contribution in [1.29, 1.82) is 0 Å². The minimum absolute atomic E-state index is 0.0512. The van der Waals surface area contributed by atoms with E-state index in [1.54, 1.807) is 0 Å². The van der Waals surface area contributed by atoms with Crippen LogP contribution in [0.4, 0.5) is 11.5 Å². The monoisotopic (exact) mass is 352 g/mol. The fraction of sp³-hybridized carbons (Fsp3) is 0.357. The summed E-state index contributed by atoms with van der Waals surface area (Å²) < 4.78 is 2.38. The van der Waals surface area contributed by atoms with Gasteiger partial charge in [0.05, 0.1) is 10.6 Å². The lowest BCUT2D eigenvalue weighted by atomic mass is 9.91. The van der Waals surface area contributed by atoms with E-state index in [0.29, 0.717) is 5.69 Å². The molecule has 0 aliphatic carbocycles. The first kappa shape index (κ1) is 15.5. The molecule has 0 aliphatic rings. The number of rotatable bonds is 2. The summed E-state index contributed by atoms with van der Waals surface area (Å²) in [6.45, 7) is 7.53. The molecule has 0 unspecified atom stereocenters. The smallest absolute Gasteiger partial charge is 0.334 e. The van der Waals surface area contributed by atoms with E-state index in [1.807, 2.05) is 45.9 Å². The van der Waals surface area contributed by atoms with Gasteiger partial charge in [-0.3, -0.25) is 10.1 Å². The number of halogens is 1. The maximum atomic E-state index is 11.3. The summed E-state index contributed by atoms with van der Waals surface area (Å²) in [6.07, 6.45) is 0. The van der Waals surface area contributed by atoms with Gasteiger partial charge in [0.25, 0.3) is 0 Å². The van der Waals surface area contributed by atoms with Crippen LogP contribution in [0.3, 0.4) is 0 Å². The van der Waals surface area contributed by atoms with E-state index in [2.05, 4.69) is 21.0 Å². The topological polar surface area (TPSA) is 87.0 Å². The van der Waals surface area contributed by atoms with Gasteiger partial charge in [0, 0.05) is 9.89 Å². The van der Waals surface area contributed by atoms with Crippen LogP contribution in [-0.4, -0.2) is 14.7 Å². The summed E-state index contributed by atoms with van der Waals surface area (Å²) in [5.74, 6) is 0.0512. The minimum atomic E-state index is -0.467. The molecule has 1 heterocycles. The van der Waals surface area contributed by atoms with Gasteiger partial charge in [-0.2, -0.15) is 5.10 Å². The van der Waals surface area contributed by atoms with E-state index in [-0.39, 0.29) is 11.5 Å². The molecule has 0 bridgehead atoms. The van der Waals surface area contributed by atoms with E-state index in [4.69, 9.17) is 5.73 Å². The first-order chi connectivity index (χ1) is 9.62. The quantitative estimate of drug-likeness (QED) is 0.658. The van der Waals surface area contributed by atoms with Crippen molar-refractivity contribution >= 4 is 27.4 Å². The number of hydrogen-bond donors (Lipinski definition) is 1. The summed E-state index contributed by atoms with van der Waals surface area (Å²) in [4.78, 5) is 10.9. The third-order valence-electron chi connectivity index (χ3n) is 3.18. The van der Waals surface area contributed by atoms with Gasteiger partial charge in [0.1, 0.15) is 5.69 Å². The van der Waals surface area contributed by atoms with Crippen molar-refractivity contribution in [2.45, 2.75) is 33.1 Å². The number of hydrogen-bond acceptors (Lipinski definition) is 4. The Bertz CT molecular complexity index is 716. The van der Waals surface area contributed by atoms with Crippen molar-refractivity contribution in [1.82, 2.24) is 9.78 Å². The predicted octanol–water partition coefficient (Wildman–Crippen LogP) is 3.73. The molecule has 2 rings (SSSR count). The average Bonchev–Trinajstić information content (AvgIpc) is 2.67. The highest BCUT2D eigenvalue weighted by Gasteiger charge is 2.34. The van der Waals surface area contributed by atoms with Crippen LogP contribution in [0.2, 0.25) is 0 Å². The van der Waals surface area contributed by atoms with Crippen molar-refractivity contribution in [2.24, 2.45) is 0 Å². The number of aromatic nitrogens is 2. The van der Waals surface area contributed by atoms with Gasteiger partial charge >= 0.3 is 5.69 Å². The summed E-state index contributed by atoms with van der Waals surface area (Å²) in [5, 5.41) is 15.7. The molecule has 112 valence electrons. The van der Waals surface area contributed by atoms with E-state index in [0.717, 1.165) is 15.7 Å². The van der Waals surface area contributed by atoms with Crippen molar-refractivity contribution in [3.05, 3.63) is 44.0 Å². The Hall–Kier alpha value is -1.89. The number of nitrogens with two attached hydrogens (primary N) is 1. The van der Waals surface area contributed by atoms with E-state index in [1.165, 1.54) is 4.68 Å².